The standard InChI is InChI=1S/C16H15N3O3S/c1-10-7-14(12-8-11(21-2)3-4-13(12)18-10)22-9-15(20)19-16-17-5-6-23-16/h3-8H,9H2,1-2H3,(H,17,19,20). The lowest BCUT2D eigenvalue weighted by molar-refractivity contribution is -0.118. The van der Waals surface area contributed by atoms with Gasteiger partial charge in [0.15, 0.2) is 11.7 Å². The largest absolute Gasteiger partial charge is 0.497 e. The summed E-state index contributed by atoms with van der Waals surface area (Å²) in [5.74, 6) is 1.05. The molecule has 0 spiro atoms. The summed E-state index contributed by atoms with van der Waals surface area (Å²) >= 11 is 1.36. The van der Waals surface area contributed by atoms with Crippen LogP contribution in [0.15, 0.2) is 35.8 Å². The molecular formula is C16H15N3O3S. The van der Waals surface area contributed by atoms with Crippen LogP contribution < -0.4 is 14.8 Å². The molecule has 0 aliphatic carbocycles. The Labute approximate surface area is 137 Å². The van der Waals surface area contributed by atoms with Gasteiger partial charge >= 0.3 is 0 Å². The van der Waals surface area contributed by atoms with Crippen molar-refractivity contribution in [3.8, 4) is 11.5 Å². The molecule has 0 aliphatic rings. The molecule has 0 saturated carbocycles. The smallest absolute Gasteiger partial charge is 0.264 e. The normalized spacial score (nSPS) is 10.5. The van der Waals surface area contributed by atoms with E-state index in [0.29, 0.717) is 16.6 Å². The average Bonchev–Trinajstić information content (AvgIpc) is 3.05. The van der Waals surface area contributed by atoms with Crippen LogP contribution in [-0.2, 0) is 4.79 Å². The Bertz CT molecular complexity index is 834. The minimum Gasteiger partial charge on any atom is -0.497 e. The topological polar surface area (TPSA) is 73.3 Å². The number of aryl methyl sites for hydroxylation is 1. The summed E-state index contributed by atoms with van der Waals surface area (Å²) in [6.07, 6.45) is 1.63. The van der Waals surface area contributed by atoms with E-state index >= 15 is 0 Å². The van der Waals surface area contributed by atoms with Gasteiger partial charge in [0.05, 0.1) is 12.6 Å². The van der Waals surface area contributed by atoms with E-state index in [1.807, 2.05) is 25.1 Å². The molecule has 1 amide bonds. The number of ether oxygens (including phenoxy) is 2. The van der Waals surface area contributed by atoms with Gasteiger partial charge in [-0.1, -0.05) is 0 Å². The fraction of sp³-hybridized carbons (Fsp3) is 0.188. The van der Waals surface area contributed by atoms with Gasteiger partial charge in [-0.25, -0.2) is 4.98 Å². The minimum absolute atomic E-state index is 0.102. The van der Waals surface area contributed by atoms with E-state index in [0.717, 1.165) is 16.6 Å². The Morgan fingerprint density at radius 3 is 2.96 bits per heavy atom. The van der Waals surface area contributed by atoms with E-state index in [-0.39, 0.29) is 12.5 Å². The summed E-state index contributed by atoms with van der Waals surface area (Å²) in [4.78, 5) is 20.4. The molecule has 0 bridgehead atoms. The molecule has 23 heavy (non-hydrogen) atoms. The molecule has 0 atom stereocenters. The third-order valence-corrected chi connectivity index (χ3v) is 3.83. The summed E-state index contributed by atoms with van der Waals surface area (Å²) in [6, 6.07) is 7.35. The van der Waals surface area contributed by atoms with Crippen LogP contribution in [0.1, 0.15) is 5.69 Å². The van der Waals surface area contributed by atoms with E-state index in [1.54, 1.807) is 24.8 Å². The van der Waals surface area contributed by atoms with Crippen LogP contribution in [0.25, 0.3) is 10.9 Å². The Morgan fingerprint density at radius 2 is 2.22 bits per heavy atom. The molecule has 1 N–H and O–H groups in total. The quantitative estimate of drug-likeness (QED) is 0.779. The van der Waals surface area contributed by atoms with Crippen LogP contribution in [0.4, 0.5) is 5.13 Å². The third kappa shape index (κ3) is 3.57. The third-order valence-electron chi connectivity index (χ3n) is 3.14. The van der Waals surface area contributed by atoms with Crippen molar-refractivity contribution in [2.24, 2.45) is 0 Å². The second kappa shape index (κ2) is 6.62. The Balaban J connectivity index is 1.79. The lowest BCUT2D eigenvalue weighted by Crippen LogP contribution is -2.20. The molecule has 0 unspecified atom stereocenters. The zero-order valence-corrected chi connectivity index (χ0v) is 13.5. The summed E-state index contributed by atoms with van der Waals surface area (Å²) in [7, 11) is 1.60. The number of fused-ring (bicyclic) bond motifs is 1. The maximum absolute atomic E-state index is 11.9. The molecule has 1 aromatic carbocycles. The fourth-order valence-corrected chi connectivity index (χ4v) is 2.68. The Hall–Kier alpha value is -2.67. The molecule has 118 valence electrons. The van der Waals surface area contributed by atoms with Gasteiger partial charge in [-0.15, -0.1) is 11.3 Å². The number of hydrogen-bond acceptors (Lipinski definition) is 6. The van der Waals surface area contributed by atoms with Gasteiger partial charge in [0.1, 0.15) is 11.5 Å². The van der Waals surface area contributed by atoms with Gasteiger partial charge in [0.25, 0.3) is 5.91 Å². The van der Waals surface area contributed by atoms with Gasteiger partial charge < -0.3 is 9.47 Å². The Kier molecular flexibility index (Phi) is 4.38. The number of methoxy groups -OCH3 is 1. The van der Waals surface area contributed by atoms with Crippen molar-refractivity contribution >= 4 is 33.3 Å². The predicted molar refractivity (Wildman–Crippen MR) is 89.3 cm³/mol. The summed E-state index contributed by atoms with van der Waals surface area (Å²) in [6.45, 7) is 1.78. The van der Waals surface area contributed by atoms with Crippen LogP contribution >= 0.6 is 11.3 Å². The molecule has 0 aliphatic heterocycles. The van der Waals surface area contributed by atoms with Crippen LogP contribution in [-0.4, -0.2) is 29.6 Å². The number of amides is 1. The molecule has 3 aromatic rings. The second-order valence-electron chi connectivity index (χ2n) is 4.82. The first-order valence-electron chi connectivity index (χ1n) is 6.93. The molecule has 3 rings (SSSR count). The summed E-state index contributed by atoms with van der Waals surface area (Å²) in [5, 5.41) is 5.83. The molecule has 6 nitrogen and oxygen atoms in total. The van der Waals surface area contributed by atoms with E-state index in [4.69, 9.17) is 9.47 Å². The number of carbonyl (C=O) groups excluding carboxylic acids is 1. The number of anilines is 1. The van der Waals surface area contributed by atoms with E-state index in [1.165, 1.54) is 11.3 Å². The Morgan fingerprint density at radius 1 is 1.35 bits per heavy atom. The monoisotopic (exact) mass is 329 g/mol. The number of carbonyl (C=O) groups is 1. The van der Waals surface area contributed by atoms with Crippen molar-refractivity contribution in [1.29, 1.82) is 0 Å². The first kappa shape index (κ1) is 15.2. The molecule has 0 saturated heterocycles. The van der Waals surface area contributed by atoms with Gasteiger partial charge in [-0.05, 0) is 25.1 Å². The van der Waals surface area contributed by atoms with Crippen molar-refractivity contribution in [2.45, 2.75) is 6.92 Å². The van der Waals surface area contributed by atoms with E-state index < -0.39 is 0 Å². The summed E-state index contributed by atoms with van der Waals surface area (Å²) in [5.41, 5.74) is 1.61. The van der Waals surface area contributed by atoms with E-state index in [2.05, 4.69) is 15.3 Å². The lowest BCUT2D eigenvalue weighted by atomic mass is 10.1. The molecular weight excluding hydrogens is 314 g/mol. The second-order valence-corrected chi connectivity index (χ2v) is 5.71. The number of nitrogens with one attached hydrogen (secondary N) is 1. The minimum atomic E-state index is -0.259. The lowest BCUT2D eigenvalue weighted by Gasteiger charge is -2.11. The number of nitrogens with zero attached hydrogens (tertiary/aromatic N) is 2. The first-order chi connectivity index (χ1) is 11.2. The summed E-state index contributed by atoms with van der Waals surface area (Å²) < 4.78 is 10.9. The van der Waals surface area contributed by atoms with Gasteiger partial charge in [-0.3, -0.25) is 15.1 Å². The zero-order valence-electron chi connectivity index (χ0n) is 12.7. The fourth-order valence-electron chi connectivity index (χ4n) is 2.13. The van der Waals surface area contributed by atoms with Gasteiger partial charge in [0, 0.05) is 28.7 Å². The van der Waals surface area contributed by atoms with E-state index in [9.17, 15) is 4.79 Å². The number of benzene rings is 1. The van der Waals surface area contributed by atoms with Crippen molar-refractivity contribution in [2.75, 3.05) is 19.0 Å². The van der Waals surface area contributed by atoms with Gasteiger partial charge in [-0.2, -0.15) is 0 Å². The highest BCUT2D eigenvalue weighted by Crippen LogP contribution is 2.29. The highest BCUT2D eigenvalue weighted by molar-refractivity contribution is 7.13. The highest BCUT2D eigenvalue weighted by atomic mass is 32.1. The average molecular weight is 329 g/mol. The van der Waals surface area contributed by atoms with Crippen molar-refractivity contribution in [3.05, 3.63) is 41.5 Å². The molecule has 0 fully saturated rings. The first-order valence-corrected chi connectivity index (χ1v) is 7.81. The number of pyridine rings is 1. The maximum atomic E-state index is 11.9. The van der Waals surface area contributed by atoms with Crippen molar-refractivity contribution < 1.29 is 14.3 Å². The van der Waals surface area contributed by atoms with Crippen LogP contribution in [0.5, 0.6) is 11.5 Å². The number of hydrogen-bond donors (Lipinski definition) is 1. The molecule has 2 heterocycles. The maximum Gasteiger partial charge on any atom is 0.264 e. The molecule has 7 heteroatoms. The van der Waals surface area contributed by atoms with Crippen LogP contribution in [0.2, 0.25) is 0 Å². The highest BCUT2D eigenvalue weighted by Gasteiger charge is 2.10. The van der Waals surface area contributed by atoms with Crippen LogP contribution in [0.3, 0.4) is 0 Å². The van der Waals surface area contributed by atoms with Crippen LogP contribution in [0, 0.1) is 6.92 Å². The SMILES string of the molecule is COc1ccc2nc(C)cc(OCC(=O)Nc3nccs3)c2c1. The predicted octanol–water partition coefficient (Wildman–Crippen LogP) is 3.03. The molecule has 0 radical (unpaired) electrons. The molecule has 2 aromatic heterocycles. The van der Waals surface area contributed by atoms with Gasteiger partial charge in [0.2, 0.25) is 0 Å². The van der Waals surface area contributed by atoms with Crippen molar-refractivity contribution in [3.63, 3.8) is 0 Å². The number of aromatic nitrogens is 2. The number of thiazole rings is 1. The zero-order chi connectivity index (χ0) is 16.2. The number of rotatable bonds is 5. The van der Waals surface area contributed by atoms with Crippen molar-refractivity contribution in [1.82, 2.24) is 9.97 Å².